The molecule has 0 aliphatic carbocycles. The second kappa shape index (κ2) is 6.96. The van der Waals surface area contributed by atoms with Gasteiger partial charge < -0.3 is 5.73 Å². The molecule has 0 atom stereocenters. The number of sulfonamides is 1. The quantitative estimate of drug-likeness (QED) is 0.728. The van der Waals surface area contributed by atoms with Gasteiger partial charge in [0.25, 0.3) is 10.0 Å². The Morgan fingerprint density at radius 2 is 2.16 bits per heavy atom. The molecule has 2 rings (SSSR count). The maximum atomic E-state index is 11.2. The third kappa shape index (κ3) is 5.50. The first-order valence-electron chi connectivity index (χ1n) is 4.76. The molecular formula is C9H10N4O5S. The Morgan fingerprint density at radius 1 is 1.37 bits per heavy atom. The number of amides is 2. The molecule has 0 saturated carbocycles. The Kier molecular flexibility index (Phi) is 5.29. The minimum Gasteiger partial charge on any atom is -0.351 e. The van der Waals surface area contributed by atoms with Crippen LogP contribution in [0.4, 0.5) is 4.79 Å². The number of nitrogens with one attached hydrogen (secondary N) is 1. The van der Waals surface area contributed by atoms with Gasteiger partial charge in [0.1, 0.15) is 6.26 Å². The summed E-state index contributed by atoms with van der Waals surface area (Å²) in [5.41, 5.74) is 4.66. The average molecular weight is 286 g/mol. The fourth-order valence-corrected chi connectivity index (χ4v) is 1.69. The zero-order valence-electron chi connectivity index (χ0n) is 9.46. The molecule has 0 bridgehead atoms. The van der Waals surface area contributed by atoms with Crippen molar-refractivity contribution in [2.75, 3.05) is 0 Å². The second-order valence-corrected chi connectivity index (χ2v) is 4.52. The van der Waals surface area contributed by atoms with Gasteiger partial charge >= 0.3 is 6.03 Å². The van der Waals surface area contributed by atoms with E-state index in [1.807, 2.05) is 0 Å². The van der Waals surface area contributed by atoms with E-state index in [1.165, 1.54) is 30.8 Å². The highest BCUT2D eigenvalue weighted by molar-refractivity contribution is 7.90. The first kappa shape index (κ1) is 14.4. The topological polar surface area (TPSA) is 133 Å². The number of pyridine rings is 1. The molecule has 3 N–H and O–H groups in total. The van der Waals surface area contributed by atoms with E-state index in [0.29, 0.717) is 0 Å². The molecule has 1 aliphatic heterocycles. The van der Waals surface area contributed by atoms with E-state index in [0.717, 1.165) is 0 Å². The predicted octanol–water partition coefficient (Wildman–Crippen LogP) is -0.114. The van der Waals surface area contributed by atoms with Gasteiger partial charge in [-0.2, -0.15) is 13.4 Å². The van der Waals surface area contributed by atoms with Crippen molar-refractivity contribution in [3.8, 4) is 0 Å². The molecule has 19 heavy (non-hydrogen) atoms. The van der Waals surface area contributed by atoms with Crippen LogP contribution in [0.25, 0.3) is 0 Å². The number of carbonyl (C=O) groups is 1. The smallest absolute Gasteiger partial charge is 0.326 e. The zero-order chi connectivity index (χ0) is 14.1. The summed E-state index contributed by atoms with van der Waals surface area (Å²) in [6.45, 7) is 0. The largest absolute Gasteiger partial charge is 0.351 e. The molecular weight excluding hydrogens is 276 g/mol. The highest BCUT2D eigenvalue weighted by atomic mass is 32.2. The maximum Gasteiger partial charge on any atom is 0.326 e. The van der Waals surface area contributed by atoms with E-state index in [-0.39, 0.29) is 5.03 Å². The summed E-state index contributed by atoms with van der Waals surface area (Å²) in [7, 11) is -3.90. The van der Waals surface area contributed by atoms with E-state index >= 15 is 0 Å². The summed E-state index contributed by atoms with van der Waals surface area (Å²) in [4.78, 5) is 22.1. The SMILES string of the molecule is C1=COON=C1.NC(=O)NS(=O)(=O)c1ccccn1. The van der Waals surface area contributed by atoms with Crippen molar-refractivity contribution in [2.24, 2.45) is 10.9 Å². The Labute approximate surface area is 108 Å². The third-order valence-corrected chi connectivity index (χ3v) is 2.78. The van der Waals surface area contributed by atoms with Crippen molar-refractivity contribution >= 4 is 22.3 Å². The van der Waals surface area contributed by atoms with Gasteiger partial charge in [0.15, 0.2) is 5.03 Å². The van der Waals surface area contributed by atoms with Crippen LogP contribution < -0.4 is 10.5 Å². The van der Waals surface area contributed by atoms with Gasteiger partial charge in [0.2, 0.25) is 0 Å². The van der Waals surface area contributed by atoms with E-state index in [9.17, 15) is 13.2 Å². The van der Waals surface area contributed by atoms with Crippen LogP contribution in [0.2, 0.25) is 0 Å². The fraction of sp³-hybridized carbons (Fsp3) is 0. The van der Waals surface area contributed by atoms with Crippen molar-refractivity contribution in [1.29, 1.82) is 0 Å². The third-order valence-electron chi connectivity index (χ3n) is 1.52. The number of urea groups is 1. The lowest BCUT2D eigenvalue weighted by atomic mass is 10.5. The molecule has 9 nitrogen and oxygen atoms in total. The van der Waals surface area contributed by atoms with E-state index in [1.54, 1.807) is 16.9 Å². The van der Waals surface area contributed by atoms with Gasteiger partial charge in [0.05, 0.1) is 6.21 Å². The Hall–Kier alpha value is -2.62. The molecule has 0 aromatic carbocycles. The molecule has 2 amide bonds. The molecule has 2 heterocycles. The van der Waals surface area contributed by atoms with Crippen molar-refractivity contribution in [3.05, 3.63) is 36.7 Å². The molecule has 1 aliphatic rings. The summed E-state index contributed by atoms with van der Waals surface area (Å²) in [6, 6.07) is 3.17. The van der Waals surface area contributed by atoms with Crippen LogP contribution in [-0.4, -0.2) is 25.6 Å². The Balaban J connectivity index is 0.000000250. The molecule has 0 radical (unpaired) electrons. The van der Waals surface area contributed by atoms with Crippen LogP contribution in [-0.2, 0) is 19.9 Å². The minimum atomic E-state index is -3.90. The lowest BCUT2D eigenvalue weighted by Crippen LogP contribution is -2.35. The van der Waals surface area contributed by atoms with Crippen LogP contribution >= 0.6 is 0 Å². The standard InChI is InChI=1S/C6H7N3O3S.C3H3NO2/c7-6(10)9-13(11,12)5-3-1-2-4-8-5;1-2-4-6-5-3-1/h1-4H,(H3,7,9,10);1-3H. The predicted molar refractivity (Wildman–Crippen MR) is 63.9 cm³/mol. The Morgan fingerprint density at radius 3 is 2.53 bits per heavy atom. The van der Waals surface area contributed by atoms with Crippen molar-refractivity contribution in [2.45, 2.75) is 5.03 Å². The molecule has 10 heteroatoms. The maximum absolute atomic E-state index is 11.2. The first-order valence-corrected chi connectivity index (χ1v) is 6.25. The monoisotopic (exact) mass is 286 g/mol. The number of primary amides is 1. The second-order valence-electron chi connectivity index (χ2n) is 2.89. The summed E-state index contributed by atoms with van der Waals surface area (Å²) >= 11 is 0. The van der Waals surface area contributed by atoms with E-state index < -0.39 is 16.1 Å². The summed E-state index contributed by atoms with van der Waals surface area (Å²) in [6.07, 6.45) is 5.82. The molecule has 102 valence electrons. The number of hydrogen-bond donors (Lipinski definition) is 2. The highest BCUT2D eigenvalue weighted by Gasteiger charge is 2.16. The van der Waals surface area contributed by atoms with Gasteiger partial charge in [-0.3, -0.25) is 4.89 Å². The zero-order valence-corrected chi connectivity index (χ0v) is 10.3. The number of nitrogens with two attached hydrogens (primary N) is 1. The number of carbonyl (C=O) groups excluding carboxylic acids is 1. The minimum absolute atomic E-state index is 0.242. The van der Waals surface area contributed by atoms with E-state index in [4.69, 9.17) is 0 Å². The number of rotatable bonds is 2. The van der Waals surface area contributed by atoms with Crippen LogP contribution in [0.1, 0.15) is 0 Å². The van der Waals surface area contributed by atoms with Gasteiger partial charge in [-0.1, -0.05) is 6.07 Å². The first-order chi connectivity index (χ1) is 9.02. The van der Waals surface area contributed by atoms with Gasteiger partial charge in [-0.25, -0.2) is 14.5 Å². The molecule has 0 spiro atoms. The number of aromatic nitrogens is 1. The summed E-state index contributed by atoms with van der Waals surface area (Å²) in [5, 5.41) is 3.00. The summed E-state index contributed by atoms with van der Waals surface area (Å²) in [5.74, 6) is 0. The van der Waals surface area contributed by atoms with Crippen molar-refractivity contribution < 1.29 is 23.1 Å². The van der Waals surface area contributed by atoms with Crippen LogP contribution in [0.3, 0.4) is 0 Å². The summed E-state index contributed by atoms with van der Waals surface area (Å²) < 4.78 is 23.9. The van der Waals surface area contributed by atoms with Gasteiger partial charge in [0, 0.05) is 6.20 Å². The van der Waals surface area contributed by atoms with Crippen molar-refractivity contribution in [1.82, 2.24) is 9.71 Å². The number of allylic oxidation sites excluding steroid dienone is 1. The molecule has 1 aromatic rings. The normalized spacial score (nSPS) is 12.4. The Bertz CT molecular complexity index is 558. The average Bonchev–Trinajstić information content (AvgIpc) is 2.41. The van der Waals surface area contributed by atoms with Crippen LogP contribution in [0.5, 0.6) is 0 Å². The lowest BCUT2D eigenvalue weighted by molar-refractivity contribution is -0.251. The molecule has 1 aromatic heterocycles. The van der Waals surface area contributed by atoms with Crippen LogP contribution in [0.15, 0.2) is 46.9 Å². The number of nitrogens with zero attached hydrogens (tertiary/aromatic N) is 2. The number of oxime groups is 1. The molecule has 0 fully saturated rings. The van der Waals surface area contributed by atoms with Crippen molar-refractivity contribution in [3.63, 3.8) is 0 Å². The van der Waals surface area contributed by atoms with Crippen LogP contribution in [0, 0.1) is 0 Å². The fourth-order valence-electron chi connectivity index (χ4n) is 0.868. The molecule has 0 unspecified atom stereocenters. The van der Waals surface area contributed by atoms with Gasteiger partial charge in [-0.05, 0) is 23.4 Å². The lowest BCUT2D eigenvalue weighted by Gasteiger charge is -2.01. The number of hydrogen-bond acceptors (Lipinski definition) is 7. The molecule has 0 saturated heterocycles. The van der Waals surface area contributed by atoms with E-state index in [2.05, 4.69) is 25.7 Å². The van der Waals surface area contributed by atoms with Gasteiger partial charge in [-0.15, -0.1) is 0 Å². The highest BCUT2D eigenvalue weighted by Crippen LogP contribution is 2.01.